The highest BCUT2D eigenvalue weighted by Gasteiger charge is 2.27. The van der Waals surface area contributed by atoms with Crippen LogP contribution in [0, 0.1) is 0 Å². The fourth-order valence-electron chi connectivity index (χ4n) is 3.38. The third-order valence-electron chi connectivity index (χ3n) is 4.53. The van der Waals surface area contributed by atoms with Crippen LogP contribution >= 0.6 is 0 Å². The number of para-hydroxylation sites is 2. The fraction of sp³-hybridized carbons (Fsp3) is 0.556. The highest BCUT2D eigenvalue weighted by atomic mass is 19.4. The number of hydrogen-bond acceptors (Lipinski definition) is 3. The molecule has 142 valence electrons. The van der Waals surface area contributed by atoms with Crippen LogP contribution in [0.3, 0.4) is 0 Å². The Morgan fingerprint density at radius 1 is 1.23 bits per heavy atom. The van der Waals surface area contributed by atoms with Crippen LogP contribution in [0.15, 0.2) is 24.3 Å². The van der Waals surface area contributed by atoms with E-state index in [1.165, 1.54) is 6.42 Å². The zero-order valence-electron chi connectivity index (χ0n) is 14.4. The number of nitrogens with zero attached hydrogens (tertiary/aromatic N) is 2. The largest absolute Gasteiger partial charge is 0.411 e. The smallest absolute Gasteiger partial charge is 0.372 e. The van der Waals surface area contributed by atoms with Gasteiger partial charge in [-0.05, 0) is 25.0 Å². The van der Waals surface area contributed by atoms with Crippen molar-refractivity contribution in [1.29, 1.82) is 0 Å². The van der Waals surface area contributed by atoms with Gasteiger partial charge < -0.3 is 9.30 Å². The predicted molar refractivity (Wildman–Crippen MR) is 92.0 cm³/mol. The summed E-state index contributed by atoms with van der Waals surface area (Å²) in [5, 5.41) is 2.75. The quantitative estimate of drug-likeness (QED) is 0.766. The highest BCUT2D eigenvalue weighted by molar-refractivity contribution is 5.91. The molecule has 0 saturated heterocycles. The lowest BCUT2D eigenvalue weighted by Gasteiger charge is -2.25. The number of alkyl halides is 3. The molecule has 0 unspecified atom stereocenters. The maximum absolute atomic E-state index is 12.1. The van der Waals surface area contributed by atoms with Crippen molar-refractivity contribution in [2.45, 2.75) is 50.7 Å². The number of nitrogens with one attached hydrogen (secondary N) is 1. The first-order chi connectivity index (χ1) is 12.4. The molecule has 1 aliphatic carbocycles. The first-order valence-corrected chi connectivity index (χ1v) is 8.85. The van der Waals surface area contributed by atoms with E-state index in [4.69, 9.17) is 0 Å². The van der Waals surface area contributed by atoms with Crippen molar-refractivity contribution >= 4 is 22.9 Å². The molecule has 5 nitrogen and oxygen atoms in total. The van der Waals surface area contributed by atoms with Gasteiger partial charge >= 0.3 is 6.18 Å². The van der Waals surface area contributed by atoms with Crippen molar-refractivity contribution < 1.29 is 22.7 Å². The van der Waals surface area contributed by atoms with E-state index in [0.29, 0.717) is 5.95 Å². The fourth-order valence-corrected chi connectivity index (χ4v) is 3.38. The normalized spacial score (nSPS) is 16.1. The number of carbonyl (C=O) groups excluding carboxylic acids is 1. The predicted octanol–water partition coefficient (Wildman–Crippen LogP) is 4.45. The summed E-state index contributed by atoms with van der Waals surface area (Å²) in [6, 6.07) is 7.94. The van der Waals surface area contributed by atoms with Crippen LogP contribution in [-0.4, -0.2) is 34.8 Å². The number of fused-ring (bicyclic) bond motifs is 1. The summed E-state index contributed by atoms with van der Waals surface area (Å²) in [6.07, 6.45) is 0.998. The minimum atomic E-state index is -4.38. The van der Waals surface area contributed by atoms with E-state index in [-0.39, 0.29) is 19.1 Å². The van der Waals surface area contributed by atoms with Crippen LogP contribution in [0.5, 0.6) is 0 Å². The highest BCUT2D eigenvalue weighted by Crippen LogP contribution is 2.34. The Morgan fingerprint density at radius 2 is 1.96 bits per heavy atom. The second-order valence-electron chi connectivity index (χ2n) is 6.55. The average molecular weight is 369 g/mol. The van der Waals surface area contributed by atoms with E-state index in [9.17, 15) is 18.0 Å². The van der Waals surface area contributed by atoms with Crippen molar-refractivity contribution in [1.82, 2.24) is 9.55 Å². The number of carbonyl (C=O) groups is 1. The van der Waals surface area contributed by atoms with Gasteiger partial charge in [0.1, 0.15) is 6.61 Å². The van der Waals surface area contributed by atoms with E-state index in [1.54, 1.807) is 0 Å². The van der Waals surface area contributed by atoms with Crippen LogP contribution in [0.1, 0.15) is 44.6 Å². The summed E-state index contributed by atoms with van der Waals surface area (Å²) in [4.78, 5) is 16.6. The monoisotopic (exact) mass is 369 g/mol. The molecule has 0 bridgehead atoms. The van der Waals surface area contributed by atoms with Gasteiger partial charge in [-0.3, -0.25) is 10.1 Å². The molecule has 3 rings (SSSR count). The maximum atomic E-state index is 12.1. The standard InChI is InChI=1S/C18H22F3N3O2/c19-18(20,21)12-26-11-10-16(25)23-17-22-14-8-4-5-9-15(14)24(17)13-6-2-1-3-7-13/h4-5,8-9,13H,1-3,6-7,10-12H2,(H,22,23,25). The van der Waals surface area contributed by atoms with Gasteiger partial charge in [0.2, 0.25) is 11.9 Å². The minimum absolute atomic E-state index is 0.149. The van der Waals surface area contributed by atoms with E-state index >= 15 is 0 Å². The van der Waals surface area contributed by atoms with Crippen LogP contribution < -0.4 is 5.32 Å². The Morgan fingerprint density at radius 3 is 2.69 bits per heavy atom. The van der Waals surface area contributed by atoms with Crippen molar-refractivity contribution in [3.63, 3.8) is 0 Å². The molecule has 1 saturated carbocycles. The minimum Gasteiger partial charge on any atom is -0.372 e. The van der Waals surface area contributed by atoms with Crippen molar-refractivity contribution in [3.8, 4) is 0 Å². The molecule has 1 amide bonds. The first kappa shape index (κ1) is 18.7. The number of rotatable bonds is 6. The number of anilines is 1. The summed E-state index contributed by atoms with van der Waals surface area (Å²) < 4.78 is 42.8. The molecule has 0 aliphatic heterocycles. The van der Waals surface area contributed by atoms with E-state index in [2.05, 4.69) is 19.6 Å². The Bertz CT molecular complexity index is 752. The number of halogens is 3. The zero-order chi connectivity index (χ0) is 18.6. The molecule has 1 heterocycles. The van der Waals surface area contributed by atoms with Gasteiger partial charge in [0.15, 0.2) is 0 Å². The molecule has 1 N–H and O–H groups in total. The zero-order valence-corrected chi connectivity index (χ0v) is 14.4. The van der Waals surface area contributed by atoms with Gasteiger partial charge in [-0.15, -0.1) is 0 Å². The van der Waals surface area contributed by atoms with E-state index < -0.39 is 18.7 Å². The molecule has 0 spiro atoms. The number of ether oxygens (including phenoxy) is 1. The molecule has 0 atom stereocenters. The van der Waals surface area contributed by atoms with Crippen LogP contribution in [0.4, 0.5) is 19.1 Å². The number of amides is 1. The van der Waals surface area contributed by atoms with Crippen LogP contribution in [-0.2, 0) is 9.53 Å². The Labute approximate surface area is 149 Å². The molecule has 26 heavy (non-hydrogen) atoms. The second-order valence-corrected chi connectivity index (χ2v) is 6.55. The molecule has 8 heteroatoms. The number of aromatic nitrogens is 2. The Hall–Kier alpha value is -2.09. The second kappa shape index (κ2) is 8.07. The van der Waals surface area contributed by atoms with Crippen molar-refractivity contribution in [3.05, 3.63) is 24.3 Å². The third kappa shape index (κ3) is 4.75. The molecule has 1 aromatic heterocycles. The summed E-state index contributed by atoms with van der Waals surface area (Å²) >= 11 is 0. The lowest BCUT2D eigenvalue weighted by Crippen LogP contribution is -2.22. The molecular formula is C18H22F3N3O2. The van der Waals surface area contributed by atoms with E-state index in [1.807, 2.05) is 24.3 Å². The Kier molecular flexibility index (Phi) is 5.80. The number of benzene rings is 1. The SMILES string of the molecule is O=C(CCOCC(F)(F)F)Nc1nc2ccccc2n1C1CCCCC1. The maximum Gasteiger partial charge on any atom is 0.411 e. The van der Waals surface area contributed by atoms with Crippen LogP contribution in [0.2, 0.25) is 0 Å². The van der Waals surface area contributed by atoms with Gasteiger partial charge in [-0.25, -0.2) is 4.98 Å². The number of imidazole rings is 1. The summed E-state index contributed by atoms with van der Waals surface area (Å²) in [5.41, 5.74) is 1.75. The van der Waals surface area contributed by atoms with Gasteiger partial charge in [-0.1, -0.05) is 31.4 Å². The average Bonchev–Trinajstić information content (AvgIpc) is 2.96. The molecular weight excluding hydrogens is 347 g/mol. The summed E-state index contributed by atoms with van der Waals surface area (Å²) in [5.74, 6) is 0.0541. The van der Waals surface area contributed by atoms with Gasteiger partial charge in [-0.2, -0.15) is 13.2 Å². The summed E-state index contributed by atoms with van der Waals surface area (Å²) in [6.45, 7) is -1.63. The summed E-state index contributed by atoms with van der Waals surface area (Å²) in [7, 11) is 0. The van der Waals surface area contributed by atoms with Crippen molar-refractivity contribution in [2.75, 3.05) is 18.5 Å². The van der Waals surface area contributed by atoms with E-state index in [0.717, 1.165) is 36.7 Å². The van der Waals surface area contributed by atoms with Crippen molar-refractivity contribution in [2.24, 2.45) is 0 Å². The molecule has 1 fully saturated rings. The third-order valence-corrected chi connectivity index (χ3v) is 4.53. The first-order valence-electron chi connectivity index (χ1n) is 8.85. The molecule has 2 aromatic rings. The molecule has 1 aliphatic rings. The van der Waals surface area contributed by atoms with Gasteiger partial charge in [0.05, 0.1) is 24.1 Å². The topological polar surface area (TPSA) is 56.1 Å². The number of hydrogen-bond donors (Lipinski definition) is 1. The lowest BCUT2D eigenvalue weighted by atomic mass is 9.95. The lowest BCUT2D eigenvalue weighted by molar-refractivity contribution is -0.174. The Balaban J connectivity index is 1.69. The van der Waals surface area contributed by atoms with Crippen LogP contribution in [0.25, 0.3) is 11.0 Å². The molecule has 0 radical (unpaired) electrons. The molecule has 1 aromatic carbocycles. The van der Waals surface area contributed by atoms with Gasteiger partial charge in [0.25, 0.3) is 0 Å². The van der Waals surface area contributed by atoms with Gasteiger partial charge in [0, 0.05) is 6.04 Å².